The highest BCUT2D eigenvalue weighted by atomic mass is 79.9. The van der Waals surface area contributed by atoms with Gasteiger partial charge < -0.3 is 5.11 Å². The maximum Gasteiger partial charge on any atom is 0.335 e. The zero-order valence-corrected chi connectivity index (χ0v) is 10.5. The second kappa shape index (κ2) is 3.94. The Morgan fingerprint density at radius 3 is 2.33 bits per heavy atom. The molecule has 15 heavy (non-hydrogen) atoms. The summed E-state index contributed by atoms with van der Waals surface area (Å²) in [4.78, 5) is 10.8. The Balaban J connectivity index is 3.66. The van der Waals surface area contributed by atoms with Crippen LogP contribution < -0.4 is 0 Å². The van der Waals surface area contributed by atoms with Gasteiger partial charge in [-0.25, -0.2) is 13.2 Å². The average molecular weight is 293 g/mol. The summed E-state index contributed by atoms with van der Waals surface area (Å²) in [5.41, 5.74) is 0.248. The van der Waals surface area contributed by atoms with Gasteiger partial charge in [-0.1, -0.05) is 0 Å². The van der Waals surface area contributed by atoms with Crippen LogP contribution in [-0.2, 0) is 9.84 Å². The largest absolute Gasteiger partial charge is 0.478 e. The third-order valence-corrected chi connectivity index (χ3v) is 4.15. The van der Waals surface area contributed by atoms with Crippen molar-refractivity contribution in [3.8, 4) is 0 Å². The minimum absolute atomic E-state index is 0.00127. The molecule has 0 aliphatic rings. The van der Waals surface area contributed by atoms with Crippen LogP contribution in [0.1, 0.15) is 15.9 Å². The molecule has 1 aromatic carbocycles. The van der Waals surface area contributed by atoms with Crippen molar-refractivity contribution in [1.29, 1.82) is 0 Å². The van der Waals surface area contributed by atoms with E-state index >= 15 is 0 Å². The first-order chi connectivity index (χ1) is 6.75. The fourth-order valence-electron chi connectivity index (χ4n) is 1.35. The smallest absolute Gasteiger partial charge is 0.335 e. The van der Waals surface area contributed by atoms with Gasteiger partial charge in [0.25, 0.3) is 0 Å². The fraction of sp³-hybridized carbons (Fsp3) is 0.222. The van der Waals surface area contributed by atoms with Gasteiger partial charge in [-0.3, -0.25) is 0 Å². The normalized spacial score (nSPS) is 11.4. The van der Waals surface area contributed by atoms with Crippen molar-refractivity contribution >= 4 is 31.7 Å². The Hall–Kier alpha value is -0.880. The number of hydrogen-bond donors (Lipinski definition) is 1. The molecule has 0 saturated heterocycles. The number of rotatable bonds is 2. The molecule has 6 heteroatoms. The molecule has 0 unspecified atom stereocenters. The van der Waals surface area contributed by atoms with Gasteiger partial charge in [0.2, 0.25) is 0 Å². The van der Waals surface area contributed by atoms with E-state index < -0.39 is 15.8 Å². The number of sulfone groups is 1. The Morgan fingerprint density at radius 2 is 1.93 bits per heavy atom. The van der Waals surface area contributed by atoms with Gasteiger partial charge in [0.1, 0.15) is 0 Å². The standard InChI is InChI=1S/C9H9BrO4S/c1-5-6(9(11)12)3-4-7(10)8(5)15(2,13)14/h3-4H,1-2H3,(H,11,12). The number of aromatic carboxylic acids is 1. The van der Waals surface area contributed by atoms with E-state index in [-0.39, 0.29) is 16.0 Å². The van der Waals surface area contributed by atoms with Crippen molar-refractivity contribution < 1.29 is 18.3 Å². The Morgan fingerprint density at radius 1 is 1.40 bits per heavy atom. The molecule has 0 spiro atoms. The highest BCUT2D eigenvalue weighted by Gasteiger charge is 2.20. The molecular weight excluding hydrogens is 284 g/mol. The first-order valence-corrected chi connectivity index (χ1v) is 6.66. The van der Waals surface area contributed by atoms with Crippen molar-refractivity contribution in [2.75, 3.05) is 6.26 Å². The second-order valence-electron chi connectivity index (χ2n) is 3.13. The number of halogens is 1. The number of hydrogen-bond acceptors (Lipinski definition) is 3. The third-order valence-electron chi connectivity index (χ3n) is 1.96. The van der Waals surface area contributed by atoms with E-state index in [4.69, 9.17) is 5.11 Å². The Bertz CT molecular complexity index is 519. The SMILES string of the molecule is Cc1c(C(=O)O)ccc(Br)c1S(C)(=O)=O. The van der Waals surface area contributed by atoms with Gasteiger partial charge in [0.15, 0.2) is 9.84 Å². The minimum Gasteiger partial charge on any atom is -0.478 e. The number of carbonyl (C=O) groups is 1. The molecular formula is C9H9BrO4S. The van der Waals surface area contributed by atoms with E-state index in [0.29, 0.717) is 4.47 Å². The lowest BCUT2D eigenvalue weighted by Crippen LogP contribution is -2.07. The van der Waals surface area contributed by atoms with Crippen LogP contribution in [0.4, 0.5) is 0 Å². The van der Waals surface area contributed by atoms with Crippen molar-refractivity contribution in [1.82, 2.24) is 0 Å². The second-order valence-corrected chi connectivity index (χ2v) is 5.93. The van der Waals surface area contributed by atoms with Crippen LogP contribution in [0.2, 0.25) is 0 Å². The van der Waals surface area contributed by atoms with Gasteiger partial charge in [0.05, 0.1) is 10.5 Å². The molecule has 0 heterocycles. The van der Waals surface area contributed by atoms with Gasteiger partial charge in [-0.15, -0.1) is 0 Å². The van der Waals surface area contributed by atoms with E-state index in [1.54, 1.807) is 0 Å². The topological polar surface area (TPSA) is 71.4 Å². The molecule has 0 aliphatic heterocycles. The summed E-state index contributed by atoms with van der Waals surface area (Å²) in [5, 5.41) is 8.84. The average Bonchev–Trinajstić information content (AvgIpc) is 2.00. The lowest BCUT2D eigenvalue weighted by molar-refractivity contribution is 0.0696. The van der Waals surface area contributed by atoms with Crippen LogP contribution in [0.15, 0.2) is 21.5 Å². The monoisotopic (exact) mass is 292 g/mol. The molecule has 1 rings (SSSR count). The van der Waals surface area contributed by atoms with Gasteiger partial charge >= 0.3 is 5.97 Å². The molecule has 0 fully saturated rings. The predicted molar refractivity (Wildman–Crippen MR) is 58.9 cm³/mol. The van der Waals surface area contributed by atoms with Crippen LogP contribution in [-0.4, -0.2) is 25.7 Å². The lowest BCUT2D eigenvalue weighted by atomic mass is 10.1. The molecule has 0 aromatic heterocycles. The summed E-state index contributed by atoms with van der Waals surface area (Å²) < 4.78 is 23.2. The van der Waals surface area contributed by atoms with Crippen LogP contribution in [0.3, 0.4) is 0 Å². The molecule has 0 radical (unpaired) electrons. The maximum atomic E-state index is 11.4. The number of carboxylic acids is 1. The highest BCUT2D eigenvalue weighted by Crippen LogP contribution is 2.27. The van der Waals surface area contributed by atoms with E-state index in [1.165, 1.54) is 19.1 Å². The molecule has 0 amide bonds. The van der Waals surface area contributed by atoms with E-state index in [0.717, 1.165) is 6.26 Å². The zero-order chi connectivity index (χ0) is 11.8. The molecule has 0 aliphatic carbocycles. The van der Waals surface area contributed by atoms with Crippen LogP contribution in [0, 0.1) is 6.92 Å². The van der Waals surface area contributed by atoms with Crippen LogP contribution in [0.5, 0.6) is 0 Å². The van der Waals surface area contributed by atoms with Gasteiger partial charge in [0, 0.05) is 10.7 Å². The minimum atomic E-state index is -3.43. The summed E-state index contributed by atoms with van der Waals surface area (Å²) in [6.45, 7) is 1.48. The molecule has 0 saturated carbocycles. The molecule has 0 bridgehead atoms. The summed E-state index contributed by atoms with van der Waals surface area (Å²) in [7, 11) is -3.43. The first-order valence-electron chi connectivity index (χ1n) is 3.97. The third kappa shape index (κ3) is 2.38. The number of carboxylic acid groups (broad SMARTS) is 1. The van der Waals surface area contributed by atoms with E-state index in [9.17, 15) is 13.2 Å². The number of benzene rings is 1. The maximum absolute atomic E-state index is 11.4. The van der Waals surface area contributed by atoms with Crippen LogP contribution in [0.25, 0.3) is 0 Å². The Kier molecular flexibility index (Phi) is 3.20. The van der Waals surface area contributed by atoms with Crippen molar-refractivity contribution in [2.45, 2.75) is 11.8 Å². The summed E-state index contributed by atoms with van der Waals surface area (Å²) in [5.74, 6) is -1.13. The predicted octanol–water partition coefficient (Wildman–Crippen LogP) is 1.86. The molecule has 82 valence electrons. The molecule has 4 nitrogen and oxygen atoms in total. The first kappa shape index (κ1) is 12.2. The summed E-state index contributed by atoms with van der Waals surface area (Å²) >= 11 is 3.09. The van der Waals surface area contributed by atoms with Crippen molar-refractivity contribution in [2.24, 2.45) is 0 Å². The lowest BCUT2D eigenvalue weighted by Gasteiger charge is -2.08. The van der Waals surface area contributed by atoms with Gasteiger partial charge in [-0.2, -0.15) is 0 Å². The van der Waals surface area contributed by atoms with Crippen LogP contribution >= 0.6 is 15.9 Å². The summed E-state index contributed by atoms with van der Waals surface area (Å²) in [6.07, 6.45) is 1.05. The molecule has 1 aromatic rings. The molecule has 1 N–H and O–H groups in total. The Labute approximate surface area is 96.0 Å². The fourth-order valence-corrected chi connectivity index (χ4v) is 3.75. The van der Waals surface area contributed by atoms with E-state index in [2.05, 4.69) is 15.9 Å². The quantitative estimate of drug-likeness (QED) is 0.903. The van der Waals surface area contributed by atoms with Crippen molar-refractivity contribution in [3.05, 3.63) is 27.7 Å². The highest BCUT2D eigenvalue weighted by molar-refractivity contribution is 9.10. The van der Waals surface area contributed by atoms with Gasteiger partial charge in [-0.05, 0) is 40.5 Å². The van der Waals surface area contributed by atoms with E-state index in [1.807, 2.05) is 0 Å². The van der Waals surface area contributed by atoms with Crippen molar-refractivity contribution in [3.63, 3.8) is 0 Å². The summed E-state index contributed by atoms with van der Waals surface area (Å²) in [6, 6.07) is 2.79. The zero-order valence-electron chi connectivity index (χ0n) is 8.11. The molecule has 0 atom stereocenters.